The van der Waals surface area contributed by atoms with E-state index in [1.165, 1.54) is 16.8 Å². The van der Waals surface area contributed by atoms with Gasteiger partial charge < -0.3 is 10.1 Å². The van der Waals surface area contributed by atoms with Crippen molar-refractivity contribution in [3.8, 4) is 11.4 Å². The minimum atomic E-state index is 0.397. The van der Waals surface area contributed by atoms with Gasteiger partial charge in [0, 0.05) is 29.8 Å². The van der Waals surface area contributed by atoms with Crippen LogP contribution in [0, 0.1) is 13.8 Å². The van der Waals surface area contributed by atoms with Crippen LogP contribution in [0.2, 0.25) is 0 Å². The molecule has 0 amide bonds. The van der Waals surface area contributed by atoms with Gasteiger partial charge in [0.15, 0.2) is 0 Å². The van der Waals surface area contributed by atoms with Crippen molar-refractivity contribution in [2.24, 2.45) is 0 Å². The van der Waals surface area contributed by atoms with Crippen molar-refractivity contribution < 1.29 is 4.74 Å². The Bertz CT molecular complexity index is 958. The molecule has 0 saturated carbocycles. The van der Waals surface area contributed by atoms with Gasteiger partial charge in [-0.2, -0.15) is 5.10 Å². The fourth-order valence-electron chi connectivity index (χ4n) is 4.08. The van der Waals surface area contributed by atoms with Crippen molar-refractivity contribution in [1.82, 2.24) is 15.1 Å². The third kappa shape index (κ3) is 3.73. The van der Waals surface area contributed by atoms with E-state index in [4.69, 9.17) is 9.84 Å². The van der Waals surface area contributed by atoms with Gasteiger partial charge in [0.2, 0.25) is 0 Å². The predicted octanol–water partition coefficient (Wildman–Crippen LogP) is 4.70. The molecule has 1 aliphatic rings. The largest absolute Gasteiger partial charge is 0.497 e. The molecule has 0 radical (unpaired) electrons. The van der Waals surface area contributed by atoms with Crippen molar-refractivity contribution in [2.45, 2.75) is 38.8 Å². The van der Waals surface area contributed by atoms with Crippen LogP contribution in [0.3, 0.4) is 0 Å². The highest BCUT2D eigenvalue weighted by molar-refractivity contribution is 5.43. The summed E-state index contributed by atoms with van der Waals surface area (Å²) >= 11 is 0. The molecule has 3 aromatic rings. The molecule has 2 atom stereocenters. The van der Waals surface area contributed by atoms with Crippen LogP contribution in [-0.4, -0.2) is 22.9 Å². The number of hydrogen-bond donors (Lipinski definition) is 1. The zero-order valence-electron chi connectivity index (χ0n) is 16.7. The third-order valence-corrected chi connectivity index (χ3v) is 5.53. The molecule has 0 spiro atoms. The molecule has 4 rings (SSSR count). The molecule has 1 N–H and O–H groups in total. The van der Waals surface area contributed by atoms with E-state index < -0.39 is 0 Å². The average molecular weight is 374 g/mol. The number of hydrogen-bond acceptors (Lipinski definition) is 3. The lowest BCUT2D eigenvalue weighted by atomic mass is 9.96. The van der Waals surface area contributed by atoms with Crippen molar-refractivity contribution >= 4 is 0 Å². The van der Waals surface area contributed by atoms with Gasteiger partial charge in [0.25, 0.3) is 0 Å². The Kier molecular flexibility index (Phi) is 5.31. The molecule has 1 heterocycles. The predicted molar refractivity (Wildman–Crippen MR) is 113 cm³/mol. The second kappa shape index (κ2) is 8.03. The summed E-state index contributed by atoms with van der Waals surface area (Å²) in [6, 6.07) is 19.0. The highest BCUT2D eigenvalue weighted by Crippen LogP contribution is 2.34. The summed E-state index contributed by atoms with van der Waals surface area (Å²) in [5.41, 5.74) is 6.04. The molecule has 1 aromatic heterocycles. The smallest absolute Gasteiger partial charge is 0.119 e. The fourth-order valence-corrected chi connectivity index (χ4v) is 4.08. The number of aryl methyl sites for hydroxylation is 1. The minimum absolute atomic E-state index is 0.397. The van der Waals surface area contributed by atoms with E-state index in [0.29, 0.717) is 12.0 Å². The molecule has 2 aromatic carbocycles. The average Bonchev–Trinajstić information content (AvgIpc) is 3.31. The summed E-state index contributed by atoms with van der Waals surface area (Å²) < 4.78 is 7.31. The first kappa shape index (κ1) is 18.5. The second-order valence-electron chi connectivity index (χ2n) is 7.39. The number of methoxy groups -OCH3 is 1. The number of rotatable bonds is 6. The summed E-state index contributed by atoms with van der Waals surface area (Å²) in [5, 5.41) is 8.48. The van der Waals surface area contributed by atoms with E-state index in [1.54, 1.807) is 7.11 Å². The second-order valence-corrected chi connectivity index (χ2v) is 7.39. The van der Waals surface area contributed by atoms with E-state index in [9.17, 15) is 0 Å². The maximum absolute atomic E-state index is 5.27. The number of benzene rings is 2. The van der Waals surface area contributed by atoms with Gasteiger partial charge in [-0.3, -0.25) is 0 Å². The molecule has 4 heteroatoms. The topological polar surface area (TPSA) is 39.1 Å². The van der Waals surface area contributed by atoms with Crippen LogP contribution in [0.15, 0.2) is 66.7 Å². The number of nitrogens with zero attached hydrogens (tertiary/aromatic N) is 2. The molecule has 144 valence electrons. The Balaban J connectivity index is 1.47. The van der Waals surface area contributed by atoms with E-state index in [1.807, 2.05) is 16.8 Å². The Morgan fingerprint density at radius 3 is 2.50 bits per heavy atom. The lowest BCUT2D eigenvalue weighted by Crippen LogP contribution is -2.25. The summed E-state index contributed by atoms with van der Waals surface area (Å²) in [6.45, 7) is 5.17. The zero-order chi connectivity index (χ0) is 19.5. The van der Waals surface area contributed by atoms with Gasteiger partial charge in [-0.25, -0.2) is 4.68 Å². The summed E-state index contributed by atoms with van der Waals surface area (Å²) in [4.78, 5) is 0. The maximum atomic E-state index is 5.27. The van der Waals surface area contributed by atoms with Gasteiger partial charge in [0.1, 0.15) is 5.75 Å². The van der Waals surface area contributed by atoms with Crippen LogP contribution in [-0.2, 0) is 6.54 Å². The molecule has 1 aliphatic carbocycles. The van der Waals surface area contributed by atoms with E-state index in [-0.39, 0.29) is 0 Å². The monoisotopic (exact) mass is 373 g/mol. The standard InChI is InChI=1S/C24H27N3O/c1-17-24(18(2)27(26-17)22-11-13-23(28-3)14-12-22)20-9-10-21(15-20)25-16-19-7-5-4-6-8-19/h4-14,20-21,25H,15-16H2,1-3H3/t20-,21+/m0/s1. The molecule has 28 heavy (non-hydrogen) atoms. The molecule has 0 fully saturated rings. The van der Waals surface area contributed by atoms with Gasteiger partial charge in [-0.05, 0) is 50.1 Å². The van der Waals surface area contributed by atoms with Gasteiger partial charge in [0.05, 0.1) is 18.5 Å². The highest BCUT2D eigenvalue weighted by Gasteiger charge is 2.26. The van der Waals surface area contributed by atoms with Crippen molar-refractivity contribution in [3.63, 3.8) is 0 Å². The Morgan fingerprint density at radius 2 is 1.79 bits per heavy atom. The van der Waals surface area contributed by atoms with Crippen LogP contribution in [0.1, 0.15) is 34.9 Å². The highest BCUT2D eigenvalue weighted by atomic mass is 16.5. The van der Waals surface area contributed by atoms with E-state index >= 15 is 0 Å². The van der Waals surface area contributed by atoms with Gasteiger partial charge in [-0.15, -0.1) is 0 Å². The number of allylic oxidation sites excluding steroid dienone is 1. The first-order valence-electron chi connectivity index (χ1n) is 9.82. The Morgan fingerprint density at radius 1 is 1.04 bits per heavy atom. The van der Waals surface area contributed by atoms with Gasteiger partial charge in [-0.1, -0.05) is 42.5 Å². The summed E-state index contributed by atoms with van der Waals surface area (Å²) in [7, 11) is 1.69. The Labute approximate surface area is 166 Å². The summed E-state index contributed by atoms with van der Waals surface area (Å²) in [5.74, 6) is 1.26. The number of nitrogens with one attached hydrogen (secondary N) is 1. The normalized spacial score (nSPS) is 18.5. The van der Waals surface area contributed by atoms with Crippen LogP contribution in [0.25, 0.3) is 5.69 Å². The SMILES string of the molecule is COc1ccc(-n2nc(C)c([C@H]3C=C[C@@H](NCc4ccccc4)C3)c2C)cc1. The maximum Gasteiger partial charge on any atom is 0.119 e. The van der Waals surface area contributed by atoms with Crippen LogP contribution < -0.4 is 10.1 Å². The van der Waals surface area contributed by atoms with Crippen LogP contribution in [0.4, 0.5) is 0 Å². The van der Waals surface area contributed by atoms with Crippen LogP contribution >= 0.6 is 0 Å². The van der Waals surface area contributed by atoms with Crippen molar-refractivity contribution in [3.05, 3.63) is 89.3 Å². The lowest BCUT2D eigenvalue weighted by molar-refractivity contribution is 0.414. The quantitative estimate of drug-likeness (QED) is 0.637. The molecule has 0 bridgehead atoms. The molecular weight excluding hydrogens is 346 g/mol. The number of ether oxygens (including phenoxy) is 1. The van der Waals surface area contributed by atoms with Crippen molar-refractivity contribution in [2.75, 3.05) is 7.11 Å². The molecule has 4 nitrogen and oxygen atoms in total. The van der Waals surface area contributed by atoms with E-state index in [2.05, 4.69) is 73.8 Å². The lowest BCUT2D eigenvalue weighted by Gasteiger charge is -2.15. The summed E-state index contributed by atoms with van der Waals surface area (Å²) in [6.07, 6.45) is 5.71. The molecule has 0 aliphatic heterocycles. The van der Waals surface area contributed by atoms with Crippen LogP contribution in [0.5, 0.6) is 5.75 Å². The zero-order valence-corrected chi connectivity index (χ0v) is 16.7. The molecule has 0 saturated heterocycles. The van der Waals surface area contributed by atoms with E-state index in [0.717, 1.165) is 30.1 Å². The number of aromatic nitrogens is 2. The first-order chi connectivity index (χ1) is 13.7. The van der Waals surface area contributed by atoms with Gasteiger partial charge >= 0.3 is 0 Å². The fraction of sp³-hybridized carbons (Fsp3) is 0.292. The minimum Gasteiger partial charge on any atom is -0.497 e. The Hall–Kier alpha value is -2.85. The molecular formula is C24H27N3O. The van der Waals surface area contributed by atoms with Crippen molar-refractivity contribution in [1.29, 1.82) is 0 Å². The first-order valence-corrected chi connectivity index (χ1v) is 9.82. The molecule has 0 unspecified atom stereocenters. The third-order valence-electron chi connectivity index (χ3n) is 5.53.